The first kappa shape index (κ1) is 27.1. The number of esters is 1. The van der Waals surface area contributed by atoms with Gasteiger partial charge in [0, 0.05) is 32.6 Å². The summed E-state index contributed by atoms with van der Waals surface area (Å²) in [6, 6.07) is 9.66. The van der Waals surface area contributed by atoms with Gasteiger partial charge in [-0.2, -0.15) is 0 Å². The minimum Gasteiger partial charge on any atom is -0.497 e. The predicted molar refractivity (Wildman–Crippen MR) is 122 cm³/mol. The van der Waals surface area contributed by atoms with E-state index in [4.69, 9.17) is 14.2 Å². The number of rotatable bonds is 12. The van der Waals surface area contributed by atoms with E-state index in [9.17, 15) is 22.4 Å². The van der Waals surface area contributed by atoms with Crippen LogP contribution in [-0.2, 0) is 30.9 Å². The highest BCUT2D eigenvalue weighted by atomic mass is 32.2. The molecule has 0 saturated carbocycles. The number of hydrogen-bond acceptors (Lipinski definition) is 7. The number of carbonyl (C=O) groups excluding carboxylic acids is 2. The average Bonchev–Trinajstić information content (AvgIpc) is 2.83. The van der Waals surface area contributed by atoms with Crippen molar-refractivity contribution in [1.82, 2.24) is 9.21 Å². The maximum atomic E-state index is 13.1. The fraction of sp³-hybridized carbons (Fsp3) is 0.391. The third kappa shape index (κ3) is 7.42. The SMILES string of the molecule is COC(=O)CN(Cc1cc(OC)cc(OC)c1)C(=O)CCCN(C)S(=O)(=O)c1ccc(F)cc1. The maximum absolute atomic E-state index is 13.1. The summed E-state index contributed by atoms with van der Waals surface area (Å²) < 4.78 is 54.7. The number of methoxy groups -OCH3 is 3. The molecule has 11 heteroatoms. The van der Waals surface area contributed by atoms with Crippen molar-refractivity contribution in [3.05, 3.63) is 53.8 Å². The lowest BCUT2D eigenvalue weighted by atomic mass is 10.1. The molecule has 0 aliphatic carbocycles. The fourth-order valence-electron chi connectivity index (χ4n) is 3.15. The van der Waals surface area contributed by atoms with E-state index < -0.39 is 21.8 Å². The van der Waals surface area contributed by atoms with E-state index in [1.165, 1.54) is 45.4 Å². The second-order valence-corrected chi connectivity index (χ2v) is 9.48. The molecule has 2 aromatic rings. The number of benzene rings is 2. The van der Waals surface area contributed by atoms with E-state index in [1.807, 2.05) is 0 Å². The van der Waals surface area contributed by atoms with Gasteiger partial charge in [-0.25, -0.2) is 17.1 Å². The van der Waals surface area contributed by atoms with Crippen molar-refractivity contribution in [3.8, 4) is 11.5 Å². The molecule has 2 aromatic carbocycles. The Morgan fingerprint density at radius 2 is 1.56 bits per heavy atom. The van der Waals surface area contributed by atoms with Crippen molar-refractivity contribution in [2.75, 3.05) is 41.5 Å². The third-order valence-corrected chi connectivity index (χ3v) is 6.94. The van der Waals surface area contributed by atoms with Crippen LogP contribution in [0.1, 0.15) is 18.4 Å². The highest BCUT2D eigenvalue weighted by molar-refractivity contribution is 7.89. The van der Waals surface area contributed by atoms with Crippen molar-refractivity contribution in [3.63, 3.8) is 0 Å². The fourth-order valence-corrected chi connectivity index (χ4v) is 4.36. The Morgan fingerprint density at radius 3 is 2.09 bits per heavy atom. The topological polar surface area (TPSA) is 102 Å². The molecule has 0 aliphatic heterocycles. The summed E-state index contributed by atoms with van der Waals surface area (Å²) in [6.07, 6.45) is 0.218. The molecular weight excluding hydrogens is 467 g/mol. The van der Waals surface area contributed by atoms with E-state index in [-0.39, 0.29) is 43.3 Å². The van der Waals surface area contributed by atoms with Crippen LogP contribution in [0.3, 0.4) is 0 Å². The molecule has 0 saturated heterocycles. The first-order valence-electron chi connectivity index (χ1n) is 10.4. The molecule has 186 valence electrons. The van der Waals surface area contributed by atoms with Crippen LogP contribution in [0.25, 0.3) is 0 Å². The molecule has 0 N–H and O–H groups in total. The second-order valence-electron chi connectivity index (χ2n) is 7.43. The zero-order chi connectivity index (χ0) is 25.3. The van der Waals surface area contributed by atoms with Crippen LogP contribution in [0.2, 0.25) is 0 Å². The highest BCUT2D eigenvalue weighted by Gasteiger charge is 2.22. The van der Waals surface area contributed by atoms with E-state index in [0.29, 0.717) is 17.1 Å². The van der Waals surface area contributed by atoms with Crippen LogP contribution in [0.5, 0.6) is 11.5 Å². The van der Waals surface area contributed by atoms with Crippen molar-refractivity contribution in [1.29, 1.82) is 0 Å². The molecule has 2 rings (SSSR count). The lowest BCUT2D eigenvalue weighted by Crippen LogP contribution is -2.36. The van der Waals surface area contributed by atoms with Crippen LogP contribution in [0.15, 0.2) is 47.4 Å². The number of sulfonamides is 1. The third-order valence-electron chi connectivity index (χ3n) is 5.07. The van der Waals surface area contributed by atoms with Gasteiger partial charge < -0.3 is 19.1 Å². The molecule has 0 heterocycles. The van der Waals surface area contributed by atoms with Gasteiger partial charge in [0.05, 0.1) is 26.2 Å². The molecule has 0 bridgehead atoms. The first-order valence-corrected chi connectivity index (χ1v) is 11.8. The molecule has 1 amide bonds. The van der Waals surface area contributed by atoms with Crippen molar-refractivity contribution >= 4 is 21.9 Å². The summed E-state index contributed by atoms with van der Waals surface area (Å²) in [5.41, 5.74) is 0.685. The summed E-state index contributed by atoms with van der Waals surface area (Å²) in [5, 5.41) is 0. The van der Waals surface area contributed by atoms with E-state index >= 15 is 0 Å². The molecule has 34 heavy (non-hydrogen) atoms. The molecule has 0 atom stereocenters. The largest absolute Gasteiger partial charge is 0.497 e. The van der Waals surface area contributed by atoms with E-state index in [0.717, 1.165) is 16.4 Å². The molecular formula is C23H29FN2O7S. The maximum Gasteiger partial charge on any atom is 0.325 e. The Labute approximate surface area is 199 Å². The van der Waals surface area contributed by atoms with Gasteiger partial charge in [-0.3, -0.25) is 9.59 Å². The molecule has 9 nitrogen and oxygen atoms in total. The Bertz CT molecular complexity index is 1070. The molecule has 0 aliphatic rings. The zero-order valence-electron chi connectivity index (χ0n) is 19.6. The Balaban J connectivity index is 2.06. The van der Waals surface area contributed by atoms with Crippen LogP contribution >= 0.6 is 0 Å². The summed E-state index contributed by atoms with van der Waals surface area (Å²) in [7, 11) is 1.81. The highest BCUT2D eigenvalue weighted by Crippen LogP contribution is 2.24. The summed E-state index contributed by atoms with van der Waals surface area (Å²) >= 11 is 0. The van der Waals surface area contributed by atoms with Gasteiger partial charge in [0.25, 0.3) is 0 Å². The second kappa shape index (κ2) is 12.3. The average molecular weight is 497 g/mol. The molecule has 0 unspecified atom stereocenters. The molecule has 0 radical (unpaired) electrons. The van der Waals surface area contributed by atoms with Gasteiger partial charge in [0.1, 0.15) is 23.9 Å². The van der Waals surface area contributed by atoms with Crippen LogP contribution in [0, 0.1) is 5.82 Å². The number of halogens is 1. The van der Waals surface area contributed by atoms with Gasteiger partial charge in [-0.1, -0.05) is 0 Å². The van der Waals surface area contributed by atoms with Crippen molar-refractivity contribution < 1.29 is 36.6 Å². The van der Waals surface area contributed by atoms with Gasteiger partial charge in [0.15, 0.2) is 0 Å². The van der Waals surface area contributed by atoms with Gasteiger partial charge in [-0.05, 0) is 48.4 Å². The monoisotopic (exact) mass is 496 g/mol. The number of nitrogens with zero attached hydrogens (tertiary/aromatic N) is 2. The molecule has 0 fully saturated rings. The predicted octanol–water partition coefficient (Wildman–Crippen LogP) is 2.45. The van der Waals surface area contributed by atoms with Crippen LogP contribution in [-0.4, -0.2) is 71.0 Å². The number of amides is 1. The van der Waals surface area contributed by atoms with Gasteiger partial charge in [0.2, 0.25) is 15.9 Å². The summed E-state index contributed by atoms with van der Waals surface area (Å²) in [5.74, 6) is -0.398. The minimum atomic E-state index is -3.82. The number of carbonyl (C=O) groups is 2. The number of hydrogen-bond donors (Lipinski definition) is 0. The smallest absolute Gasteiger partial charge is 0.325 e. The van der Waals surface area contributed by atoms with Crippen LogP contribution < -0.4 is 9.47 Å². The van der Waals surface area contributed by atoms with E-state index in [1.54, 1.807) is 18.2 Å². The number of ether oxygens (including phenoxy) is 3. The Kier molecular flexibility index (Phi) is 9.82. The summed E-state index contributed by atoms with van der Waals surface area (Å²) in [6.45, 7) is -0.103. The van der Waals surface area contributed by atoms with Crippen molar-refractivity contribution in [2.24, 2.45) is 0 Å². The summed E-state index contributed by atoms with van der Waals surface area (Å²) in [4.78, 5) is 26.1. The Morgan fingerprint density at radius 1 is 0.971 bits per heavy atom. The lowest BCUT2D eigenvalue weighted by molar-refractivity contribution is -0.147. The first-order chi connectivity index (χ1) is 16.1. The Hall–Kier alpha value is -3.18. The standard InChI is InChI=1S/C23H29FN2O7S/c1-25(34(29,30)21-9-7-18(24)8-10-21)11-5-6-22(27)26(16-23(28)33-4)15-17-12-19(31-2)14-20(13-17)32-3/h7-10,12-14H,5-6,11,15-16H2,1-4H3. The normalized spacial score (nSPS) is 11.2. The van der Waals surface area contributed by atoms with Crippen LogP contribution in [0.4, 0.5) is 4.39 Å². The van der Waals surface area contributed by atoms with E-state index in [2.05, 4.69) is 0 Å². The minimum absolute atomic E-state index is 0.00136. The quantitative estimate of drug-likeness (QED) is 0.416. The zero-order valence-corrected chi connectivity index (χ0v) is 20.4. The molecule has 0 aromatic heterocycles. The van der Waals surface area contributed by atoms with Gasteiger partial charge in [-0.15, -0.1) is 0 Å². The van der Waals surface area contributed by atoms with Gasteiger partial charge >= 0.3 is 5.97 Å². The molecule has 0 spiro atoms. The van der Waals surface area contributed by atoms with Crippen molar-refractivity contribution in [2.45, 2.75) is 24.3 Å². The lowest BCUT2D eigenvalue weighted by Gasteiger charge is -2.23.